The van der Waals surface area contributed by atoms with E-state index in [9.17, 15) is 4.79 Å². The van der Waals surface area contributed by atoms with Crippen molar-refractivity contribution in [1.29, 1.82) is 0 Å². The van der Waals surface area contributed by atoms with Crippen LogP contribution in [-0.4, -0.2) is 14.2 Å². The Kier molecular flexibility index (Phi) is 4.99. The van der Waals surface area contributed by atoms with Crippen LogP contribution in [0.2, 0.25) is 0 Å². The molecule has 0 fully saturated rings. The van der Waals surface area contributed by atoms with Gasteiger partial charge in [0.2, 0.25) is 0 Å². The van der Waals surface area contributed by atoms with Crippen LogP contribution in [-0.2, 0) is 6.61 Å². The number of hydrogen-bond donors (Lipinski definition) is 0. The summed E-state index contributed by atoms with van der Waals surface area (Å²) in [5, 5.41) is 0.888. The van der Waals surface area contributed by atoms with Crippen molar-refractivity contribution in [2.24, 2.45) is 0 Å². The topological polar surface area (TPSA) is 57.9 Å². The van der Waals surface area contributed by atoms with Crippen LogP contribution in [0.3, 0.4) is 0 Å². The molecule has 0 saturated carbocycles. The van der Waals surface area contributed by atoms with Gasteiger partial charge in [0.1, 0.15) is 17.9 Å². The zero-order valence-corrected chi connectivity index (χ0v) is 15.7. The van der Waals surface area contributed by atoms with E-state index in [0.717, 1.165) is 21.0 Å². The second-order valence-corrected chi connectivity index (χ2v) is 6.26. The average molecular weight is 405 g/mol. The first kappa shape index (κ1) is 17.4. The minimum Gasteiger partial charge on any atom is -0.493 e. The predicted molar refractivity (Wildman–Crippen MR) is 98.8 cm³/mol. The minimum absolute atomic E-state index is 0.322. The highest BCUT2D eigenvalue weighted by Crippen LogP contribution is 2.38. The zero-order chi connectivity index (χ0) is 18.0. The molecule has 0 aliphatic rings. The van der Waals surface area contributed by atoms with Crippen LogP contribution in [0.1, 0.15) is 11.1 Å². The molecule has 0 saturated heterocycles. The smallest absolute Gasteiger partial charge is 0.336 e. The van der Waals surface area contributed by atoms with Crippen molar-refractivity contribution >= 4 is 26.9 Å². The summed E-state index contributed by atoms with van der Waals surface area (Å²) >= 11 is 3.52. The van der Waals surface area contributed by atoms with E-state index in [1.54, 1.807) is 20.3 Å². The van der Waals surface area contributed by atoms with Crippen molar-refractivity contribution in [1.82, 2.24) is 0 Å². The first-order valence-corrected chi connectivity index (χ1v) is 8.39. The van der Waals surface area contributed by atoms with Crippen molar-refractivity contribution in [2.75, 3.05) is 14.2 Å². The largest absolute Gasteiger partial charge is 0.493 e. The minimum atomic E-state index is -0.371. The lowest BCUT2D eigenvalue weighted by Crippen LogP contribution is -2.01. The van der Waals surface area contributed by atoms with Crippen LogP contribution in [0.4, 0.5) is 0 Å². The lowest BCUT2D eigenvalue weighted by atomic mass is 10.1. The summed E-state index contributed by atoms with van der Waals surface area (Å²) in [6, 6.07) is 10.7. The molecule has 0 atom stereocenters. The maximum Gasteiger partial charge on any atom is 0.336 e. The van der Waals surface area contributed by atoms with Crippen LogP contribution >= 0.6 is 15.9 Å². The van der Waals surface area contributed by atoms with Gasteiger partial charge in [-0.25, -0.2) is 4.79 Å². The highest BCUT2D eigenvalue weighted by molar-refractivity contribution is 9.10. The monoisotopic (exact) mass is 404 g/mol. The van der Waals surface area contributed by atoms with Crippen molar-refractivity contribution < 1.29 is 18.6 Å². The van der Waals surface area contributed by atoms with Gasteiger partial charge < -0.3 is 18.6 Å². The summed E-state index contributed by atoms with van der Waals surface area (Å²) in [5.74, 6) is 1.87. The van der Waals surface area contributed by atoms with Gasteiger partial charge in [-0.05, 0) is 46.6 Å². The predicted octanol–water partition coefficient (Wildman–Crippen LogP) is 4.46. The van der Waals surface area contributed by atoms with E-state index in [0.29, 0.717) is 29.4 Å². The van der Waals surface area contributed by atoms with E-state index in [-0.39, 0.29) is 5.63 Å². The van der Waals surface area contributed by atoms with E-state index in [4.69, 9.17) is 18.6 Å². The van der Waals surface area contributed by atoms with Crippen molar-refractivity contribution in [3.05, 3.63) is 62.4 Å². The van der Waals surface area contributed by atoms with Gasteiger partial charge in [-0.15, -0.1) is 0 Å². The Balaban J connectivity index is 1.87. The Hall–Kier alpha value is -2.47. The normalized spacial score (nSPS) is 10.7. The lowest BCUT2D eigenvalue weighted by molar-refractivity contribution is 0.302. The molecule has 1 aromatic heterocycles. The van der Waals surface area contributed by atoms with E-state index >= 15 is 0 Å². The molecule has 0 radical (unpaired) electrons. The molecule has 6 heteroatoms. The van der Waals surface area contributed by atoms with Gasteiger partial charge >= 0.3 is 5.63 Å². The molecule has 0 amide bonds. The van der Waals surface area contributed by atoms with E-state index in [1.807, 2.05) is 31.2 Å². The summed E-state index contributed by atoms with van der Waals surface area (Å²) in [7, 11) is 3.17. The third kappa shape index (κ3) is 3.49. The Morgan fingerprint density at radius 3 is 2.60 bits per heavy atom. The number of aryl methyl sites for hydroxylation is 1. The van der Waals surface area contributed by atoms with Crippen LogP contribution in [0.15, 0.2) is 50.1 Å². The molecule has 0 spiro atoms. The molecule has 2 aromatic carbocycles. The third-order valence-electron chi connectivity index (χ3n) is 3.88. The van der Waals surface area contributed by atoms with Gasteiger partial charge in [0.05, 0.1) is 18.7 Å². The Morgan fingerprint density at radius 1 is 1.08 bits per heavy atom. The SMILES string of the molecule is COc1ccc(COc2ccc3c(C)cc(=O)oc3c2)c(Br)c1OC. The van der Waals surface area contributed by atoms with Gasteiger partial charge in [-0.1, -0.05) is 6.07 Å². The fourth-order valence-corrected chi connectivity index (χ4v) is 3.20. The molecule has 0 bridgehead atoms. The standard InChI is InChI=1S/C19H17BrO5/c1-11-8-17(21)25-16-9-13(5-6-14(11)16)24-10-12-4-7-15(22-2)19(23-3)18(12)20/h4-9H,10H2,1-3H3. The molecule has 1 heterocycles. The highest BCUT2D eigenvalue weighted by Gasteiger charge is 2.13. The number of halogens is 1. The summed E-state index contributed by atoms with van der Waals surface area (Å²) in [4.78, 5) is 11.5. The molecule has 0 unspecified atom stereocenters. The zero-order valence-electron chi connectivity index (χ0n) is 14.1. The van der Waals surface area contributed by atoms with Gasteiger partial charge in [-0.2, -0.15) is 0 Å². The highest BCUT2D eigenvalue weighted by atomic mass is 79.9. The Labute approximate surface area is 153 Å². The molecule has 0 aliphatic carbocycles. The molecule has 0 aliphatic heterocycles. The van der Waals surface area contributed by atoms with Crippen LogP contribution in [0, 0.1) is 6.92 Å². The second kappa shape index (κ2) is 7.19. The van der Waals surface area contributed by atoms with Crippen molar-refractivity contribution in [2.45, 2.75) is 13.5 Å². The molecular formula is C19H17BrO5. The van der Waals surface area contributed by atoms with Crippen molar-refractivity contribution in [3.63, 3.8) is 0 Å². The maximum absolute atomic E-state index is 11.5. The molecule has 0 N–H and O–H groups in total. The van der Waals surface area contributed by atoms with Crippen LogP contribution in [0.25, 0.3) is 11.0 Å². The first-order valence-electron chi connectivity index (χ1n) is 7.60. The molecule has 25 heavy (non-hydrogen) atoms. The number of hydrogen-bond acceptors (Lipinski definition) is 5. The molecular weight excluding hydrogens is 388 g/mol. The summed E-state index contributed by atoms with van der Waals surface area (Å²) in [6.45, 7) is 2.20. The van der Waals surface area contributed by atoms with Crippen LogP contribution in [0.5, 0.6) is 17.2 Å². The second-order valence-electron chi connectivity index (χ2n) is 5.47. The van der Waals surface area contributed by atoms with Gasteiger partial charge in [0.25, 0.3) is 0 Å². The van der Waals surface area contributed by atoms with Gasteiger partial charge in [0, 0.05) is 23.1 Å². The van der Waals surface area contributed by atoms with Gasteiger partial charge in [0.15, 0.2) is 11.5 Å². The van der Waals surface area contributed by atoms with Crippen LogP contribution < -0.4 is 19.8 Å². The number of fused-ring (bicyclic) bond motifs is 1. The number of rotatable bonds is 5. The van der Waals surface area contributed by atoms with E-state index in [1.165, 1.54) is 6.07 Å². The molecule has 5 nitrogen and oxygen atoms in total. The maximum atomic E-state index is 11.5. The quantitative estimate of drug-likeness (QED) is 0.587. The summed E-state index contributed by atoms with van der Waals surface area (Å²) < 4.78 is 22.5. The Morgan fingerprint density at radius 2 is 1.88 bits per heavy atom. The number of ether oxygens (including phenoxy) is 3. The average Bonchev–Trinajstić information content (AvgIpc) is 2.59. The van der Waals surface area contributed by atoms with E-state index < -0.39 is 0 Å². The van der Waals surface area contributed by atoms with E-state index in [2.05, 4.69) is 15.9 Å². The van der Waals surface area contributed by atoms with Gasteiger partial charge in [-0.3, -0.25) is 0 Å². The fourth-order valence-electron chi connectivity index (χ4n) is 2.60. The number of methoxy groups -OCH3 is 2. The summed E-state index contributed by atoms with van der Waals surface area (Å²) in [5.41, 5.74) is 1.92. The summed E-state index contributed by atoms with van der Waals surface area (Å²) in [6.07, 6.45) is 0. The molecule has 130 valence electrons. The first-order chi connectivity index (χ1) is 12.0. The number of benzene rings is 2. The molecule has 3 rings (SSSR count). The lowest BCUT2D eigenvalue weighted by Gasteiger charge is -2.14. The third-order valence-corrected chi connectivity index (χ3v) is 4.75. The fraction of sp³-hybridized carbons (Fsp3) is 0.211. The van der Waals surface area contributed by atoms with Crippen molar-refractivity contribution in [3.8, 4) is 17.2 Å². The Bertz CT molecular complexity index is 977. The molecule has 3 aromatic rings.